The highest BCUT2D eigenvalue weighted by molar-refractivity contribution is 6.30. The van der Waals surface area contributed by atoms with Crippen LogP contribution in [0, 0.1) is 0 Å². The van der Waals surface area contributed by atoms with Gasteiger partial charge in [-0.15, -0.1) is 0 Å². The molecule has 8 heteroatoms. The van der Waals surface area contributed by atoms with E-state index < -0.39 is 0 Å². The highest BCUT2D eigenvalue weighted by atomic mass is 35.5. The molecular weight excluding hydrogens is 476 g/mol. The molecule has 5 rings (SSSR count). The minimum Gasteiger partial charge on any atom is -0.373 e. The molecule has 2 aliphatic rings. The van der Waals surface area contributed by atoms with E-state index in [0.29, 0.717) is 37.0 Å². The molecule has 2 aliphatic heterocycles. The summed E-state index contributed by atoms with van der Waals surface area (Å²) in [6.45, 7) is 5.41. The van der Waals surface area contributed by atoms with Crippen molar-refractivity contribution in [1.29, 1.82) is 0 Å². The SMILES string of the molecule is O=C(Nc1cccc(Cl)c1)N1CCO[C@H](CN2CCCN(C(=O)c3cccc4ccccc34)CC2)C1. The van der Waals surface area contributed by atoms with Crippen LogP contribution in [0.2, 0.25) is 5.02 Å². The molecule has 0 radical (unpaired) electrons. The lowest BCUT2D eigenvalue weighted by molar-refractivity contribution is -0.0283. The van der Waals surface area contributed by atoms with E-state index in [0.717, 1.165) is 48.9 Å². The molecule has 2 saturated heterocycles. The molecule has 1 N–H and O–H groups in total. The smallest absolute Gasteiger partial charge is 0.322 e. The maximum atomic E-state index is 13.4. The van der Waals surface area contributed by atoms with Gasteiger partial charge in [-0.3, -0.25) is 9.69 Å². The van der Waals surface area contributed by atoms with Gasteiger partial charge in [0.1, 0.15) is 0 Å². The van der Waals surface area contributed by atoms with Crippen LogP contribution in [0.3, 0.4) is 0 Å². The molecule has 1 atom stereocenters. The van der Waals surface area contributed by atoms with E-state index in [4.69, 9.17) is 16.3 Å². The van der Waals surface area contributed by atoms with Crippen LogP contribution in [0.15, 0.2) is 66.7 Å². The van der Waals surface area contributed by atoms with Crippen molar-refractivity contribution in [3.63, 3.8) is 0 Å². The molecule has 3 aromatic rings. The molecule has 3 aromatic carbocycles. The van der Waals surface area contributed by atoms with Gasteiger partial charge in [0.15, 0.2) is 0 Å². The molecule has 0 aliphatic carbocycles. The molecule has 36 heavy (non-hydrogen) atoms. The van der Waals surface area contributed by atoms with Gasteiger partial charge in [-0.25, -0.2) is 4.79 Å². The first-order valence-electron chi connectivity index (χ1n) is 12.5. The topological polar surface area (TPSA) is 65.1 Å². The normalized spacial score (nSPS) is 19.2. The Kier molecular flexibility index (Phi) is 7.70. The number of ether oxygens (including phenoxy) is 1. The van der Waals surface area contributed by atoms with Gasteiger partial charge < -0.3 is 19.9 Å². The Morgan fingerprint density at radius 2 is 1.75 bits per heavy atom. The van der Waals surface area contributed by atoms with Crippen LogP contribution in [0.1, 0.15) is 16.8 Å². The minimum absolute atomic E-state index is 0.0656. The summed E-state index contributed by atoms with van der Waals surface area (Å²) in [5.74, 6) is 0.0893. The fourth-order valence-corrected chi connectivity index (χ4v) is 5.20. The van der Waals surface area contributed by atoms with Crippen LogP contribution in [-0.2, 0) is 4.74 Å². The van der Waals surface area contributed by atoms with Gasteiger partial charge in [-0.2, -0.15) is 0 Å². The standard InChI is InChI=1S/C28H31ClN4O3/c29-22-8-4-9-23(18-22)30-28(35)33-16-17-36-24(20-33)19-31-12-5-13-32(15-14-31)27(34)26-11-3-7-21-6-1-2-10-25(21)26/h1-4,6-11,18,24H,5,12-17,19-20H2,(H,30,35)/t24-/m1/s1. The minimum atomic E-state index is -0.145. The second kappa shape index (κ2) is 11.3. The number of hydrogen-bond acceptors (Lipinski definition) is 4. The number of nitrogens with zero attached hydrogens (tertiary/aromatic N) is 3. The molecule has 2 fully saturated rings. The number of urea groups is 1. The summed E-state index contributed by atoms with van der Waals surface area (Å²) in [5, 5.41) is 5.59. The summed E-state index contributed by atoms with van der Waals surface area (Å²) in [4.78, 5) is 32.3. The van der Waals surface area contributed by atoms with Crippen LogP contribution >= 0.6 is 11.6 Å². The third-order valence-electron chi connectivity index (χ3n) is 6.86. The van der Waals surface area contributed by atoms with Crippen molar-refractivity contribution in [2.45, 2.75) is 12.5 Å². The van der Waals surface area contributed by atoms with Gasteiger partial charge in [0.05, 0.1) is 12.7 Å². The number of hydrogen-bond donors (Lipinski definition) is 1. The molecule has 7 nitrogen and oxygen atoms in total. The molecule has 0 bridgehead atoms. The molecule has 0 saturated carbocycles. The van der Waals surface area contributed by atoms with Gasteiger partial charge in [-0.05, 0) is 48.0 Å². The number of morpholine rings is 1. The number of nitrogens with one attached hydrogen (secondary N) is 1. The average molecular weight is 507 g/mol. The van der Waals surface area contributed by atoms with Crippen molar-refractivity contribution >= 4 is 40.0 Å². The van der Waals surface area contributed by atoms with E-state index in [1.807, 2.05) is 59.5 Å². The Morgan fingerprint density at radius 1 is 0.917 bits per heavy atom. The second-order valence-corrected chi connectivity index (χ2v) is 9.79. The van der Waals surface area contributed by atoms with E-state index >= 15 is 0 Å². The zero-order valence-electron chi connectivity index (χ0n) is 20.2. The van der Waals surface area contributed by atoms with Crippen molar-refractivity contribution in [2.24, 2.45) is 0 Å². The lowest BCUT2D eigenvalue weighted by Gasteiger charge is -2.35. The van der Waals surface area contributed by atoms with E-state index in [1.54, 1.807) is 17.0 Å². The van der Waals surface area contributed by atoms with Gasteiger partial charge >= 0.3 is 6.03 Å². The van der Waals surface area contributed by atoms with Crippen LogP contribution in [0.5, 0.6) is 0 Å². The Bertz CT molecular complexity index is 1230. The van der Waals surface area contributed by atoms with Crippen molar-refractivity contribution < 1.29 is 14.3 Å². The largest absolute Gasteiger partial charge is 0.373 e. The highest BCUT2D eigenvalue weighted by Crippen LogP contribution is 2.21. The van der Waals surface area contributed by atoms with Crippen LogP contribution in [0.4, 0.5) is 10.5 Å². The van der Waals surface area contributed by atoms with Crippen molar-refractivity contribution in [1.82, 2.24) is 14.7 Å². The molecule has 0 unspecified atom stereocenters. The number of halogens is 1. The third-order valence-corrected chi connectivity index (χ3v) is 7.09. The fraction of sp³-hybridized carbons (Fsp3) is 0.357. The number of rotatable bonds is 4. The monoisotopic (exact) mass is 506 g/mol. The Morgan fingerprint density at radius 3 is 2.64 bits per heavy atom. The first-order valence-corrected chi connectivity index (χ1v) is 12.9. The first kappa shape index (κ1) is 24.6. The van der Waals surface area contributed by atoms with E-state index in [1.165, 1.54) is 0 Å². The maximum Gasteiger partial charge on any atom is 0.322 e. The fourth-order valence-electron chi connectivity index (χ4n) is 5.01. The zero-order valence-corrected chi connectivity index (χ0v) is 21.0. The summed E-state index contributed by atoms with van der Waals surface area (Å²) in [5.41, 5.74) is 1.44. The summed E-state index contributed by atoms with van der Waals surface area (Å²) in [6, 6.07) is 21.0. The average Bonchev–Trinajstić information content (AvgIpc) is 3.14. The maximum absolute atomic E-state index is 13.4. The van der Waals surface area contributed by atoms with Gasteiger partial charge in [-0.1, -0.05) is 54.1 Å². The number of amides is 3. The number of anilines is 1. The number of carbonyl (C=O) groups is 2. The lowest BCUT2D eigenvalue weighted by Crippen LogP contribution is -2.51. The lowest BCUT2D eigenvalue weighted by atomic mass is 10.0. The predicted octanol–water partition coefficient (Wildman–Crippen LogP) is 4.57. The van der Waals surface area contributed by atoms with E-state index in [-0.39, 0.29) is 18.0 Å². The molecule has 3 amide bonds. The molecule has 0 spiro atoms. The van der Waals surface area contributed by atoms with Crippen molar-refractivity contribution in [2.75, 3.05) is 57.7 Å². The second-order valence-electron chi connectivity index (χ2n) is 9.35. The van der Waals surface area contributed by atoms with Crippen LogP contribution in [-0.4, -0.2) is 85.2 Å². The predicted molar refractivity (Wildman–Crippen MR) is 143 cm³/mol. The van der Waals surface area contributed by atoms with Gasteiger partial charge in [0.25, 0.3) is 5.91 Å². The van der Waals surface area contributed by atoms with Crippen molar-refractivity contribution in [3.05, 3.63) is 77.3 Å². The highest BCUT2D eigenvalue weighted by Gasteiger charge is 2.28. The molecule has 2 heterocycles. The molecule has 0 aromatic heterocycles. The van der Waals surface area contributed by atoms with Gasteiger partial charge in [0, 0.05) is 55.5 Å². The summed E-state index contributed by atoms with van der Waals surface area (Å²) in [7, 11) is 0. The van der Waals surface area contributed by atoms with Crippen LogP contribution < -0.4 is 5.32 Å². The number of fused-ring (bicyclic) bond motifs is 1. The Hall–Kier alpha value is -3.13. The van der Waals surface area contributed by atoms with Gasteiger partial charge in [0.2, 0.25) is 0 Å². The summed E-state index contributed by atoms with van der Waals surface area (Å²) in [6.07, 6.45) is 0.839. The number of benzene rings is 3. The van der Waals surface area contributed by atoms with Crippen LogP contribution in [0.25, 0.3) is 10.8 Å². The number of carbonyl (C=O) groups excluding carboxylic acids is 2. The Balaban J connectivity index is 1.16. The third kappa shape index (κ3) is 5.81. The van der Waals surface area contributed by atoms with E-state index in [2.05, 4.69) is 10.2 Å². The first-order chi connectivity index (χ1) is 17.6. The molecule has 188 valence electrons. The van der Waals surface area contributed by atoms with Crippen molar-refractivity contribution in [3.8, 4) is 0 Å². The quantitative estimate of drug-likeness (QED) is 0.563. The summed E-state index contributed by atoms with van der Waals surface area (Å²) < 4.78 is 6.00. The molecular formula is C28H31ClN4O3. The zero-order chi connectivity index (χ0) is 24.9. The van der Waals surface area contributed by atoms with E-state index in [9.17, 15) is 9.59 Å². The Labute approximate surface area is 216 Å². The summed E-state index contributed by atoms with van der Waals surface area (Å²) >= 11 is 6.03.